The van der Waals surface area contributed by atoms with E-state index in [1.165, 1.54) is 24.3 Å². The molecule has 84 valence electrons. The first-order valence-corrected chi connectivity index (χ1v) is 4.98. The van der Waals surface area contributed by atoms with Crippen LogP contribution in [0.5, 0.6) is 0 Å². The van der Waals surface area contributed by atoms with Crippen molar-refractivity contribution in [2.75, 3.05) is 6.54 Å². The van der Waals surface area contributed by atoms with Crippen molar-refractivity contribution >= 4 is 11.8 Å². The van der Waals surface area contributed by atoms with Gasteiger partial charge in [-0.15, -0.1) is 0 Å². The molecule has 2 nitrogen and oxygen atoms in total. The average molecular weight is 237 g/mol. The molecule has 3 N–H and O–H groups in total. The number of hydrogen-bond acceptors (Lipinski definition) is 3. The second-order valence-electron chi connectivity index (χ2n) is 2.87. The number of thioether (sulfide) groups is 1. The molecule has 1 rings (SSSR count). The molecule has 0 radical (unpaired) electrons. The first-order valence-electron chi connectivity index (χ1n) is 4.16. The fourth-order valence-electron chi connectivity index (χ4n) is 1.03. The van der Waals surface area contributed by atoms with Crippen molar-refractivity contribution in [1.29, 1.82) is 0 Å². The van der Waals surface area contributed by atoms with Crippen molar-refractivity contribution in [3.8, 4) is 0 Å². The summed E-state index contributed by atoms with van der Waals surface area (Å²) < 4.78 is 35.9. The maximum absolute atomic E-state index is 12.0. The summed E-state index contributed by atoms with van der Waals surface area (Å²) in [7, 11) is 0. The molecule has 0 spiro atoms. The number of benzene rings is 1. The highest BCUT2D eigenvalue weighted by Crippen LogP contribution is 2.36. The minimum Gasteiger partial charge on any atom is -0.387 e. The molecule has 0 aliphatic rings. The lowest BCUT2D eigenvalue weighted by Crippen LogP contribution is -2.11. The highest BCUT2D eigenvalue weighted by Gasteiger charge is 2.29. The molecular weight excluding hydrogens is 227 g/mol. The quantitative estimate of drug-likeness (QED) is 0.793. The highest BCUT2D eigenvalue weighted by molar-refractivity contribution is 8.00. The lowest BCUT2D eigenvalue weighted by atomic mass is 10.1. The topological polar surface area (TPSA) is 46.2 Å². The molecule has 0 heterocycles. The van der Waals surface area contributed by atoms with E-state index in [2.05, 4.69) is 0 Å². The van der Waals surface area contributed by atoms with Crippen LogP contribution in [-0.2, 0) is 0 Å². The van der Waals surface area contributed by atoms with Gasteiger partial charge in [-0.1, -0.05) is 12.1 Å². The number of aliphatic hydroxyl groups is 1. The molecule has 0 aromatic heterocycles. The molecule has 0 unspecified atom stereocenters. The van der Waals surface area contributed by atoms with Crippen molar-refractivity contribution in [3.63, 3.8) is 0 Å². The molecule has 15 heavy (non-hydrogen) atoms. The Labute approximate surface area is 89.3 Å². The van der Waals surface area contributed by atoms with Gasteiger partial charge in [-0.05, 0) is 29.5 Å². The first kappa shape index (κ1) is 12.4. The Bertz CT molecular complexity index is 312. The van der Waals surface area contributed by atoms with Gasteiger partial charge in [0.25, 0.3) is 0 Å². The summed E-state index contributed by atoms with van der Waals surface area (Å²) in [5.41, 5.74) is 1.44. The molecule has 1 aromatic rings. The van der Waals surface area contributed by atoms with Crippen LogP contribution < -0.4 is 5.73 Å². The van der Waals surface area contributed by atoms with Crippen LogP contribution in [-0.4, -0.2) is 17.2 Å². The van der Waals surface area contributed by atoms with E-state index >= 15 is 0 Å². The third kappa shape index (κ3) is 4.11. The predicted molar refractivity (Wildman–Crippen MR) is 52.4 cm³/mol. The normalized spacial score (nSPS) is 13.9. The van der Waals surface area contributed by atoms with E-state index in [0.29, 0.717) is 5.56 Å². The van der Waals surface area contributed by atoms with Gasteiger partial charge in [-0.25, -0.2) is 0 Å². The molecule has 0 saturated heterocycles. The predicted octanol–water partition coefficient (Wildman–Crippen LogP) is 2.29. The van der Waals surface area contributed by atoms with Crippen LogP contribution in [0, 0.1) is 0 Å². The zero-order valence-electron chi connectivity index (χ0n) is 7.66. The summed E-state index contributed by atoms with van der Waals surface area (Å²) in [4.78, 5) is 0.0930. The van der Waals surface area contributed by atoms with Crippen LogP contribution in [0.2, 0.25) is 0 Å². The lowest BCUT2D eigenvalue weighted by molar-refractivity contribution is -0.0328. The van der Waals surface area contributed by atoms with Crippen LogP contribution in [0.1, 0.15) is 11.7 Å². The lowest BCUT2D eigenvalue weighted by Gasteiger charge is -2.09. The van der Waals surface area contributed by atoms with Gasteiger partial charge in [-0.3, -0.25) is 0 Å². The molecule has 0 saturated carbocycles. The van der Waals surface area contributed by atoms with Gasteiger partial charge in [0.1, 0.15) is 0 Å². The zero-order valence-corrected chi connectivity index (χ0v) is 8.48. The van der Waals surface area contributed by atoms with E-state index < -0.39 is 11.6 Å². The van der Waals surface area contributed by atoms with Crippen molar-refractivity contribution in [1.82, 2.24) is 0 Å². The summed E-state index contributed by atoms with van der Waals surface area (Å²) in [6, 6.07) is 5.50. The molecule has 0 aliphatic heterocycles. The number of nitrogens with two attached hydrogens (primary N) is 1. The van der Waals surface area contributed by atoms with E-state index in [1.54, 1.807) is 0 Å². The molecule has 6 heteroatoms. The highest BCUT2D eigenvalue weighted by atomic mass is 32.2. The smallest absolute Gasteiger partial charge is 0.387 e. The summed E-state index contributed by atoms with van der Waals surface area (Å²) in [6.45, 7) is 0.0474. The SMILES string of the molecule is NC[C@H](O)c1ccc(SC(F)(F)F)cc1. The van der Waals surface area contributed by atoms with Crippen LogP contribution in [0.4, 0.5) is 13.2 Å². The van der Waals surface area contributed by atoms with E-state index in [0.717, 1.165) is 0 Å². The average Bonchev–Trinajstić information content (AvgIpc) is 2.15. The van der Waals surface area contributed by atoms with Crippen LogP contribution in [0.3, 0.4) is 0 Å². The molecule has 0 bridgehead atoms. The minimum atomic E-state index is -4.28. The maximum atomic E-state index is 12.0. The Morgan fingerprint density at radius 2 is 1.80 bits per heavy atom. The largest absolute Gasteiger partial charge is 0.446 e. The van der Waals surface area contributed by atoms with Crippen molar-refractivity contribution in [2.24, 2.45) is 5.73 Å². The monoisotopic (exact) mass is 237 g/mol. The fourth-order valence-corrected chi connectivity index (χ4v) is 1.57. The zero-order chi connectivity index (χ0) is 11.5. The third-order valence-corrected chi connectivity index (χ3v) is 2.46. The second-order valence-corrected chi connectivity index (χ2v) is 4.01. The van der Waals surface area contributed by atoms with E-state index in [4.69, 9.17) is 5.73 Å². The molecular formula is C9H10F3NOS. The second kappa shape index (κ2) is 4.87. The minimum absolute atomic E-state index is 0.0474. The van der Waals surface area contributed by atoms with Gasteiger partial charge in [0.05, 0.1) is 6.10 Å². The Kier molecular flexibility index (Phi) is 4.01. The molecule has 1 atom stereocenters. The summed E-state index contributed by atoms with van der Waals surface area (Å²) >= 11 is -0.184. The summed E-state index contributed by atoms with van der Waals surface area (Å²) in [5, 5.41) is 9.30. The number of aliphatic hydroxyl groups excluding tert-OH is 1. The first-order chi connectivity index (χ1) is 6.92. The van der Waals surface area contributed by atoms with Crippen molar-refractivity contribution < 1.29 is 18.3 Å². The van der Waals surface area contributed by atoms with Gasteiger partial charge < -0.3 is 10.8 Å². The molecule has 0 amide bonds. The van der Waals surface area contributed by atoms with Gasteiger partial charge >= 0.3 is 5.51 Å². The van der Waals surface area contributed by atoms with Crippen LogP contribution >= 0.6 is 11.8 Å². The molecule has 0 fully saturated rings. The van der Waals surface area contributed by atoms with Crippen molar-refractivity contribution in [2.45, 2.75) is 16.5 Å². The maximum Gasteiger partial charge on any atom is 0.446 e. The number of halogens is 3. The van der Waals surface area contributed by atoms with Gasteiger partial charge in [0.15, 0.2) is 0 Å². The summed E-state index contributed by atoms with van der Waals surface area (Å²) in [6.07, 6.45) is -0.824. The Balaban J connectivity index is 2.72. The van der Waals surface area contributed by atoms with Gasteiger partial charge in [0, 0.05) is 11.4 Å². The Hall–Kier alpha value is -0.720. The van der Waals surface area contributed by atoms with Crippen LogP contribution in [0.15, 0.2) is 29.2 Å². The number of alkyl halides is 3. The molecule has 0 aliphatic carbocycles. The van der Waals surface area contributed by atoms with Crippen molar-refractivity contribution in [3.05, 3.63) is 29.8 Å². The standard InChI is InChI=1S/C9H10F3NOS/c10-9(11,12)15-7-3-1-6(2-4-7)8(14)5-13/h1-4,8,14H,5,13H2/t8-/m0/s1. The fraction of sp³-hybridized carbons (Fsp3) is 0.333. The van der Waals surface area contributed by atoms with Gasteiger partial charge in [-0.2, -0.15) is 13.2 Å². The Morgan fingerprint density at radius 3 is 2.20 bits per heavy atom. The van der Waals surface area contributed by atoms with Crippen LogP contribution in [0.25, 0.3) is 0 Å². The Morgan fingerprint density at radius 1 is 1.27 bits per heavy atom. The number of rotatable bonds is 3. The van der Waals surface area contributed by atoms with E-state index in [1.807, 2.05) is 0 Å². The van der Waals surface area contributed by atoms with E-state index in [-0.39, 0.29) is 23.2 Å². The van der Waals surface area contributed by atoms with Gasteiger partial charge in [0.2, 0.25) is 0 Å². The summed E-state index contributed by atoms with van der Waals surface area (Å²) in [5.74, 6) is 0. The number of hydrogen-bond donors (Lipinski definition) is 2. The molecule has 1 aromatic carbocycles. The van der Waals surface area contributed by atoms with E-state index in [9.17, 15) is 18.3 Å². The third-order valence-electron chi connectivity index (χ3n) is 1.72.